The van der Waals surface area contributed by atoms with Crippen LogP contribution in [0.3, 0.4) is 0 Å². The first-order valence-corrected chi connectivity index (χ1v) is 6.91. The highest BCUT2D eigenvalue weighted by atomic mass is 16.5. The highest BCUT2D eigenvalue weighted by Crippen LogP contribution is 2.24. The molecule has 2 aromatic heterocycles. The van der Waals surface area contributed by atoms with Gasteiger partial charge < -0.3 is 15.2 Å². The van der Waals surface area contributed by atoms with Gasteiger partial charge in [0.2, 0.25) is 5.82 Å². The van der Waals surface area contributed by atoms with E-state index in [-0.39, 0.29) is 6.01 Å². The summed E-state index contributed by atoms with van der Waals surface area (Å²) < 4.78 is 4.75. The standard InChI is InChI=1S/C11H10N4O.2C2H6/c1-6-5-13-9-3-2-7(4-8(6)9)10-14-11(12)16-15-10;2*1-2/h2-5,13H,1H3,(H2,12,14,15);2*1-2H3. The number of anilines is 1. The summed E-state index contributed by atoms with van der Waals surface area (Å²) in [5.74, 6) is 0.514. The maximum atomic E-state index is 5.39. The minimum absolute atomic E-state index is 0.0842. The maximum absolute atomic E-state index is 5.39. The van der Waals surface area contributed by atoms with Crippen LogP contribution in [0.2, 0.25) is 0 Å². The first-order chi connectivity index (χ1) is 9.74. The van der Waals surface area contributed by atoms with Crippen molar-refractivity contribution in [2.75, 3.05) is 5.73 Å². The van der Waals surface area contributed by atoms with Crippen molar-refractivity contribution >= 4 is 16.9 Å². The minimum Gasteiger partial charge on any atom is -0.361 e. The van der Waals surface area contributed by atoms with Crippen LogP contribution in [0.25, 0.3) is 22.3 Å². The van der Waals surface area contributed by atoms with Crippen molar-refractivity contribution in [3.8, 4) is 11.4 Å². The summed E-state index contributed by atoms with van der Waals surface area (Å²) in [6.07, 6.45) is 1.97. The van der Waals surface area contributed by atoms with E-state index in [1.54, 1.807) is 0 Å². The summed E-state index contributed by atoms with van der Waals surface area (Å²) >= 11 is 0. The molecule has 0 aliphatic heterocycles. The van der Waals surface area contributed by atoms with Crippen molar-refractivity contribution in [3.05, 3.63) is 30.0 Å². The topological polar surface area (TPSA) is 80.7 Å². The Kier molecular flexibility index (Phi) is 5.77. The molecule has 5 nitrogen and oxygen atoms in total. The molecule has 0 radical (unpaired) electrons. The molecule has 3 N–H and O–H groups in total. The number of aromatic nitrogens is 3. The van der Waals surface area contributed by atoms with Crippen LogP contribution in [-0.4, -0.2) is 15.1 Å². The molecule has 0 saturated carbocycles. The van der Waals surface area contributed by atoms with Crippen molar-refractivity contribution in [1.82, 2.24) is 15.1 Å². The zero-order valence-electron chi connectivity index (χ0n) is 12.7. The molecule has 0 spiro atoms. The summed E-state index contributed by atoms with van der Waals surface area (Å²) in [4.78, 5) is 7.17. The third-order valence-corrected chi connectivity index (χ3v) is 2.59. The summed E-state index contributed by atoms with van der Waals surface area (Å²) in [6.45, 7) is 10.0. The first kappa shape index (κ1) is 15.8. The lowest BCUT2D eigenvalue weighted by Gasteiger charge is -1.95. The Morgan fingerprint density at radius 2 is 1.85 bits per heavy atom. The number of H-pyrrole nitrogens is 1. The first-order valence-electron chi connectivity index (χ1n) is 6.91. The quantitative estimate of drug-likeness (QED) is 0.698. The van der Waals surface area contributed by atoms with Crippen LogP contribution in [-0.2, 0) is 0 Å². The number of nitrogens with one attached hydrogen (secondary N) is 1. The number of nitrogens with zero attached hydrogens (tertiary/aromatic N) is 2. The Hall–Kier alpha value is -2.30. The van der Waals surface area contributed by atoms with Gasteiger partial charge in [-0.15, -0.1) is 0 Å². The zero-order valence-corrected chi connectivity index (χ0v) is 12.7. The van der Waals surface area contributed by atoms with E-state index in [9.17, 15) is 0 Å². The number of aromatic amines is 1. The number of hydrogen-bond donors (Lipinski definition) is 2. The average molecular weight is 274 g/mol. The molecule has 0 aliphatic carbocycles. The monoisotopic (exact) mass is 274 g/mol. The molecule has 0 bridgehead atoms. The molecule has 0 saturated heterocycles. The number of hydrogen-bond acceptors (Lipinski definition) is 4. The van der Waals surface area contributed by atoms with Crippen LogP contribution in [0.5, 0.6) is 0 Å². The molecule has 0 amide bonds. The second kappa shape index (κ2) is 7.33. The molecule has 0 atom stereocenters. The summed E-state index contributed by atoms with van der Waals surface area (Å²) in [6, 6.07) is 6.03. The smallest absolute Gasteiger partial charge is 0.319 e. The highest BCUT2D eigenvalue weighted by molar-refractivity contribution is 5.86. The van der Waals surface area contributed by atoms with Gasteiger partial charge in [-0.05, 0) is 30.7 Å². The van der Waals surface area contributed by atoms with E-state index < -0.39 is 0 Å². The summed E-state index contributed by atoms with van der Waals surface area (Å²) in [5, 5.41) is 4.94. The number of benzene rings is 1. The van der Waals surface area contributed by atoms with Gasteiger partial charge in [0.15, 0.2) is 0 Å². The number of rotatable bonds is 1. The van der Waals surface area contributed by atoms with Gasteiger partial charge in [0.05, 0.1) is 0 Å². The Balaban J connectivity index is 0.000000461. The van der Waals surface area contributed by atoms with Gasteiger partial charge in [0.1, 0.15) is 0 Å². The van der Waals surface area contributed by atoms with Gasteiger partial charge in [-0.25, -0.2) is 0 Å². The molecule has 0 aliphatic rings. The fourth-order valence-electron chi connectivity index (χ4n) is 1.75. The fraction of sp³-hybridized carbons (Fsp3) is 0.333. The normalized spacial score (nSPS) is 9.45. The van der Waals surface area contributed by atoms with Gasteiger partial charge in [-0.2, -0.15) is 4.98 Å². The Bertz CT molecular complexity index is 655. The molecular weight excluding hydrogens is 252 g/mol. The summed E-state index contributed by atoms with van der Waals surface area (Å²) in [5.41, 5.74) is 8.57. The van der Waals surface area contributed by atoms with E-state index in [0.29, 0.717) is 5.82 Å². The molecule has 0 unspecified atom stereocenters. The lowest BCUT2D eigenvalue weighted by atomic mass is 10.1. The van der Waals surface area contributed by atoms with Crippen LogP contribution in [0.1, 0.15) is 33.3 Å². The SMILES string of the molecule is CC.CC.Cc1c[nH]c2ccc(-c3noc(N)n3)cc12. The highest BCUT2D eigenvalue weighted by Gasteiger charge is 2.08. The third-order valence-electron chi connectivity index (χ3n) is 2.59. The molecule has 3 aromatic rings. The Morgan fingerprint density at radius 1 is 1.15 bits per heavy atom. The molecular formula is C15H22N4O. The minimum atomic E-state index is 0.0842. The molecule has 108 valence electrons. The van der Waals surface area contributed by atoms with Crippen molar-refractivity contribution in [3.63, 3.8) is 0 Å². The number of nitrogens with two attached hydrogens (primary N) is 1. The molecule has 3 rings (SSSR count). The zero-order chi connectivity index (χ0) is 15.1. The predicted molar refractivity (Wildman–Crippen MR) is 83.4 cm³/mol. The van der Waals surface area contributed by atoms with Gasteiger partial charge in [0.25, 0.3) is 0 Å². The second-order valence-corrected chi connectivity index (χ2v) is 3.69. The third kappa shape index (κ3) is 3.17. The number of fused-ring (bicyclic) bond motifs is 1. The van der Waals surface area contributed by atoms with E-state index in [0.717, 1.165) is 16.5 Å². The Morgan fingerprint density at radius 3 is 2.45 bits per heavy atom. The second-order valence-electron chi connectivity index (χ2n) is 3.69. The van der Waals surface area contributed by atoms with E-state index in [2.05, 4.69) is 15.1 Å². The van der Waals surface area contributed by atoms with Crippen LogP contribution < -0.4 is 5.73 Å². The molecule has 2 heterocycles. The number of nitrogen functional groups attached to an aromatic ring is 1. The number of aryl methyl sites for hydroxylation is 1. The van der Waals surface area contributed by atoms with Crippen LogP contribution in [0.15, 0.2) is 28.9 Å². The van der Waals surface area contributed by atoms with Crippen LogP contribution in [0, 0.1) is 6.92 Å². The largest absolute Gasteiger partial charge is 0.361 e. The average Bonchev–Trinajstić information content (AvgIpc) is 3.10. The van der Waals surface area contributed by atoms with Crippen LogP contribution in [0.4, 0.5) is 6.01 Å². The van der Waals surface area contributed by atoms with Gasteiger partial charge in [-0.3, -0.25) is 0 Å². The summed E-state index contributed by atoms with van der Waals surface area (Å²) in [7, 11) is 0. The van der Waals surface area contributed by atoms with E-state index in [1.165, 1.54) is 5.56 Å². The Labute approximate surface area is 119 Å². The van der Waals surface area contributed by atoms with Gasteiger partial charge in [-0.1, -0.05) is 32.9 Å². The lowest BCUT2D eigenvalue weighted by molar-refractivity contribution is 0.437. The fourth-order valence-corrected chi connectivity index (χ4v) is 1.75. The molecule has 1 aromatic carbocycles. The van der Waals surface area contributed by atoms with Crippen molar-refractivity contribution < 1.29 is 4.52 Å². The molecule has 5 heteroatoms. The maximum Gasteiger partial charge on any atom is 0.319 e. The van der Waals surface area contributed by atoms with Crippen molar-refractivity contribution in [2.24, 2.45) is 0 Å². The lowest BCUT2D eigenvalue weighted by Crippen LogP contribution is -1.84. The molecule has 0 fully saturated rings. The molecule has 20 heavy (non-hydrogen) atoms. The van der Waals surface area contributed by atoms with E-state index in [1.807, 2.05) is 59.0 Å². The van der Waals surface area contributed by atoms with Crippen molar-refractivity contribution in [1.29, 1.82) is 0 Å². The van der Waals surface area contributed by atoms with E-state index >= 15 is 0 Å². The van der Waals surface area contributed by atoms with Gasteiger partial charge in [0, 0.05) is 22.7 Å². The van der Waals surface area contributed by atoms with Crippen molar-refractivity contribution in [2.45, 2.75) is 34.6 Å². The van der Waals surface area contributed by atoms with E-state index in [4.69, 9.17) is 10.3 Å². The van der Waals surface area contributed by atoms with Crippen LogP contribution >= 0.6 is 0 Å². The van der Waals surface area contributed by atoms with Gasteiger partial charge >= 0.3 is 6.01 Å². The predicted octanol–water partition coefficient (Wildman–Crippen LogP) is 4.16.